The fourth-order valence-corrected chi connectivity index (χ4v) is 2.65. The molecular weight excluding hydrogens is 226 g/mol. The van der Waals surface area contributed by atoms with Gasteiger partial charge in [0.15, 0.2) is 0 Å². The van der Waals surface area contributed by atoms with E-state index in [0.717, 1.165) is 12.8 Å². The van der Waals surface area contributed by atoms with Crippen molar-refractivity contribution in [1.29, 1.82) is 0 Å². The Morgan fingerprint density at radius 1 is 1.44 bits per heavy atom. The van der Waals surface area contributed by atoms with Crippen LogP contribution in [0.3, 0.4) is 0 Å². The molecule has 92 valence electrons. The first-order valence-corrected chi connectivity index (χ1v) is 6.11. The van der Waals surface area contributed by atoms with Crippen molar-refractivity contribution in [3.8, 4) is 0 Å². The molecule has 1 amide bonds. The fraction of sp³-hybridized carbons (Fsp3) is 0.286. The minimum atomic E-state index is 0.0189. The molecule has 3 rings (SSSR count). The van der Waals surface area contributed by atoms with Crippen LogP contribution in [0.25, 0.3) is 0 Å². The molecule has 4 heteroatoms. The molecule has 1 aromatic heterocycles. The first kappa shape index (κ1) is 11.0. The van der Waals surface area contributed by atoms with Gasteiger partial charge in [-0.15, -0.1) is 0 Å². The zero-order chi connectivity index (χ0) is 12.5. The van der Waals surface area contributed by atoms with Crippen LogP contribution in [0.1, 0.15) is 33.9 Å². The van der Waals surface area contributed by atoms with Gasteiger partial charge in [0.2, 0.25) is 0 Å². The van der Waals surface area contributed by atoms with E-state index in [4.69, 9.17) is 0 Å². The monoisotopic (exact) mass is 241 g/mol. The Morgan fingerprint density at radius 2 is 2.28 bits per heavy atom. The predicted molar refractivity (Wildman–Crippen MR) is 68.2 cm³/mol. The number of carbonyl (C=O) groups is 1. The average Bonchev–Trinajstić information content (AvgIpc) is 3.06. The molecule has 18 heavy (non-hydrogen) atoms. The smallest absolute Gasteiger partial charge is 0.257 e. The van der Waals surface area contributed by atoms with Gasteiger partial charge in [-0.3, -0.25) is 9.89 Å². The summed E-state index contributed by atoms with van der Waals surface area (Å²) in [5.41, 5.74) is 3.24. The molecule has 1 aliphatic rings. The zero-order valence-corrected chi connectivity index (χ0v) is 10.3. The Bertz CT molecular complexity index is 562. The van der Waals surface area contributed by atoms with E-state index >= 15 is 0 Å². The van der Waals surface area contributed by atoms with E-state index < -0.39 is 0 Å². The maximum absolute atomic E-state index is 12.3. The molecule has 1 atom stereocenters. The summed E-state index contributed by atoms with van der Waals surface area (Å²) in [5, 5.41) is 6.50. The Morgan fingerprint density at radius 3 is 3.06 bits per heavy atom. The number of aryl methyl sites for hydroxylation is 1. The van der Waals surface area contributed by atoms with Gasteiger partial charge < -0.3 is 4.90 Å². The highest BCUT2D eigenvalue weighted by Crippen LogP contribution is 2.35. The number of H-pyrrole nitrogens is 1. The number of nitrogens with zero attached hydrogens (tertiary/aromatic N) is 2. The van der Waals surface area contributed by atoms with Crippen molar-refractivity contribution in [3.63, 3.8) is 0 Å². The molecule has 1 N–H and O–H groups in total. The lowest BCUT2D eigenvalue weighted by atomic mass is 10.1. The molecule has 1 aromatic carbocycles. The van der Waals surface area contributed by atoms with Crippen molar-refractivity contribution in [2.24, 2.45) is 0 Å². The second kappa shape index (κ2) is 4.29. The van der Waals surface area contributed by atoms with E-state index in [0.29, 0.717) is 5.56 Å². The first-order valence-electron chi connectivity index (χ1n) is 6.11. The molecule has 0 radical (unpaired) electrons. The van der Waals surface area contributed by atoms with Gasteiger partial charge >= 0.3 is 0 Å². The van der Waals surface area contributed by atoms with Gasteiger partial charge in [-0.05, 0) is 24.0 Å². The highest BCUT2D eigenvalue weighted by molar-refractivity contribution is 5.93. The Kier molecular flexibility index (Phi) is 2.63. The maximum atomic E-state index is 12.3. The minimum Gasteiger partial charge on any atom is -0.335 e. The van der Waals surface area contributed by atoms with Gasteiger partial charge in [-0.25, -0.2) is 0 Å². The van der Waals surface area contributed by atoms with E-state index in [1.807, 2.05) is 18.0 Å². The number of aromatic amines is 1. The number of hydrogen-bond donors (Lipinski definition) is 1. The highest BCUT2D eigenvalue weighted by Gasteiger charge is 2.28. The molecule has 1 heterocycles. The minimum absolute atomic E-state index is 0.0189. The third-order valence-corrected chi connectivity index (χ3v) is 3.63. The third kappa shape index (κ3) is 1.70. The summed E-state index contributed by atoms with van der Waals surface area (Å²) in [6.07, 6.45) is 5.25. The zero-order valence-electron chi connectivity index (χ0n) is 10.3. The van der Waals surface area contributed by atoms with Crippen LogP contribution >= 0.6 is 0 Å². The van der Waals surface area contributed by atoms with Gasteiger partial charge in [0, 0.05) is 13.2 Å². The van der Waals surface area contributed by atoms with E-state index in [-0.39, 0.29) is 11.9 Å². The van der Waals surface area contributed by atoms with Crippen molar-refractivity contribution < 1.29 is 4.79 Å². The summed E-state index contributed by atoms with van der Waals surface area (Å²) in [6, 6.07) is 8.54. The van der Waals surface area contributed by atoms with Gasteiger partial charge in [0.1, 0.15) is 0 Å². The molecule has 1 aliphatic carbocycles. The number of carbonyl (C=O) groups excluding carboxylic acids is 1. The summed E-state index contributed by atoms with van der Waals surface area (Å²) >= 11 is 0. The number of hydrogen-bond acceptors (Lipinski definition) is 2. The van der Waals surface area contributed by atoms with Crippen molar-refractivity contribution in [2.75, 3.05) is 7.05 Å². The topological polar surface area (TPSA) is 49.0 Å². The van der Waals surface area contributed by atoms with Crippen LogP contribution < -0.4 is 0 Å². The van der Waals surface area contributed by atoms with Gasteiger partial charge in [-0.2, -0.15) is 5.10 Å². The SMILES string of the molecule is CN(C(=O)c1cn[nH]c1)C1CCc2ccccc21. The fourth-order valence-electron chi connectivity index (χ4n) is 2.65. The number of nitrogens with one attached hydrogen (secondary N) is 1. The van der Waals surface area contributed by atoms with Crippen molar-refractivity contribution in [2.45, 2.75) is 18.9 Å². The highest BCUT2D eigenvalue weighted by atomic mass is 16.2. The van der Waals surface area contributed by atoms with Crippen LogP contribution in [-0.4, -0.2) is 28.1 Å². The van der Waals surface area contributed by atoms with Crippen LogP contribution in [0.2, 0.25) is 0 Å². The summed E-state index contributed by atoms with van der Waals surface area (Å²) in [5.74, 6) is 0.0189. The van der Waals surface area contributed by atoms with Crippen molar-refractivity contribution in [3.05, 3.63) is 53.3 Å². The maximum Gasteiger partial charge on any atom is 0.257 e. The number of amides is 1. The lowest BCUT2D eigenvalue weighted by Gasteiger charge is -2.25. The second-order valence-electron chi connectivity index (χ2n) is 4.66. The second-order valence-corrected chi connectivity index (χ2v) is 4.66. The normalized spacial score (nSPS) is 17.5. The van der Waals surface area contributed by atoms with Crippen LogP contribution in [0.15, 0.2) is 36.7 Å². The summed E-state index contributed by atoms with van der Waals surface area (Å²) < 4.78 is 0. The Balaban J connectivity index is 1.87. The third-order valence-electron chi connectivity index (χ3n) is 3.63. The molecule has 0 aliphatic heterocycles. The quantitative estimate of drug-likeness (QED) is 0.876. The molecule has 0 bridgehead atoms. The largest absolute Gasteiger partial charge is 0.335 e. The number of benzene rings is 1. The predicted octanol–water partition coefficient (Wildman–Crippen LogP) is 2.17. The molecule has 0 saturated carbocycles. The average molecular weight is 241 g/mol. The molecular formula is C14H15N3O. The van der Waals surface area contributed by atoms with Crippen LogP contribution in [0, 0.1) is 0 Å². The van der Waals surface area contributed by atoms with E-state index in [1.165, 1.54) is 11.1 Å². The first-order chi connectivity index (χ1) is 8.77. The van der Waals surface area contributed by atoms with Gasteiger partial charge in [0.05, 0.1) is 17.8 Å². The number of rotatable bonds is 2. The van der Waals surface area contributed by atoms with E-state index in [9.17, 15) is 4.79 Å². The van der Waals surface area contributed by atoms with Gasteiger partial charge in [0.25, 0.3) is 5.91 Å². The molecule has 0 saturated heterocycles. The summed E-state index contributed by atoms with van der Waals surface area (Å²) in [7, 11) is 1.86. The molecule has 1 unspecified atom stereocenters. The van der Waals surface area contributed by atoms with Crippen LogP contribution in [-0.2, 0) is 6.42 Å². The Labute approximate surface area is 106 Å². The van der Waals surface area contributed by atoms with Crippen molar-refractivity contribution in [1.82, 2.24) is 15.1 Å². The van der Waals surface area contributed by atoms with Crippen LogP contribution in [0.4, 0.5) is 0 Å². The van der Waals surface area contributed by atoms with E-state index in [1.54, 1.807) is 12.4 Å². The lowest BCUT2D eigenvalue weighted by Crippen LogP contribution is -2.29. The van der Waals surface area contributed by atoms with Crippen molar-refractivity contribution >= 4 is 5.91 Å². The molecule has 0 spiro atoms. The molecule has 2 aromatic rings. The lowest BCUT2D eigenvalue weighted by molar-refractivity contribution is 0.0730. The summed E-state index contributed by atoms with van der Waals surface area (Å²) in [6.45, 7) is 0. The number of fused-ring (bicyclic) bond motifs is 1. The van der Waals surface area contributed by atoms with E-state index in [2.05, 4.69) is 28.4 Å². The van der Waals surface area contributed by atoms with Gasteiger partial charge in [-0.1, -0.05) is 24.3 Å². The summed E-state index contributed by atoms with van der Waals surface area (Å²) in [4.78, 5) is 14.1. The standard InChI is InChI=1S/C14H15N3O/c1-17(14(18)11-8-15-16-9-11)13-7-6-10-4-2-3-5-12(10)13/h2-5,8-9,13H,6-7H2,1H3,(H,15,16). The number of aromatic nitrogens is 2. The van der Waals surface area contributed by atoms with Crippen LogP contribution in [0.5, 0.6) is 0 Å². The molecule has 4 nitrogen and oxygen atoms in total. The Hall–Kier alpha value is -2.10. The molecule has 0 fully saturated rings.